The van der Waals surface area contributed by atoms with E-state index in [-0.39, 0.29) is 16.3 Å². The van der Waals surface area contributed by atoms with Gasteiger partial charge in [0.15, 0.2) is 6.61 Å². The predicted molar refractivity (Wildman–Crippen MR) is 96.2 cm³/mol. The topological polar surface area (TPSA) is 114 Å². The highest BCUT2D eigenvalue weighted by Crippen LogP contribution is 2.22. The van der Waals surface area contributed by atoms with Crippen LogP contribution in [0.5, 0.6) is 0 Å². The van der Waals surface area contributed by atoms with Gasteiger partial charge >= 0.3 is 5.97 Å². The molecule has 1 aliphatic rings. The number of benzene rings is 1. The Morgan fingerprint density at radius 3 is 2.62 bits per heavy atom. The van der Waals surface area contributed by atoms with E-state index in [1.807, 2.05) is 20.8 Å². The minimum Gasteiger partial charge on any atom is -0.454 e. The highest BCUT2D eigenvalue weighted by atomic mass is 32.2. The van der Waals surface area contributed by atoms with Crippen LogP contribution in [-0.4, -0.2) is 44.3 Å². The molecule has 0 fully saturated rings. The van der Waals surface area contributed by atoms with Gasteiger partial charge in [0, 0.05) is 11.1 Å². The van der Waals surface area contributed by atoms with Gasteiger partial charge < -0.3 is 10.1 Å². The molecule has 0 unspecified atom stereocenters. The Kier molecular flexibility index (Phi) is 5.70. The zero-order valence-electron chi connectivity index (χ0n) is 15.2. The molecule has 1 aromatic carbocycles. The number of rotatable bonds is 6. The standard InChI is InChI=1S/C17H23N3O5S/c1-5-17(3,4)19-14(21)10-25-16(22)11(2)18-15-12-8-6-7-9-13(12)26(23,24)20-15/h6-9,11H,5,10H2,1-4H3,(H,18,20)(H,19,21)/t11-/m0/s1. The number of hydrogen-bond acceptors (Lipinski definition) is 6. The number of fused-ring (bicyclic) bond motifs is 1. The summed E-state index contributed by atoms with van der Waals surface area (Å²) in [6.07, 6.45) is 0.732. The molecule has 26 heavy (non-hydrogen) atoms. The first-order valence-corrected chi connectivity index (χ1v) is 9.72. The van der Waals surface area contributed by atoms with Gasteiger partial charge in [0.1, 0.15) is 11.9 Å². The van der Waals surface area contributed by atoms with Crippen LogP contribution in [0.4, 0.5) is 0 Å². The zero-order chi connectivity index (χ0) is 19.5. The smallest absolute Gasteiger partial charge is 0.331 e. The molecule has 1 aliphatic heterocycles. The van der Waals surface area contributed by atoms with Gasteiger partial charge in [-0.15, -0.1) is 0 Å². The first kappa shape index (κ1) is 19.9. The van der Waals surface area contributed by atoms with Crippen LogP contribution >= 0.6 is 0 Å². The third-order valence-electron chi connectivity index (χ3n) is 4.03. The number of sulfonamides is 1. The lowest BCUT2D eigenvalue weighted by Crippen LogP contribution is -2.45. The molecule has 0 saturated heterocycles. The van der Waals surface area contributed by atoms with Crippen molar-refractivity contribution in [1.82, 2.24) is 10.0 Å². The van der Waals surface area contributed by atoms with Crippen molar-refractivity contribution >= 4 is 27.7 Å². The van der Waals surface area contributed by atoms with E-state index in [4.69, 9.17) is 4.74 Å². The summed E-state index contributed by atoms with van der Waals surface area (Å²) in [5, 5.41) is 2.75. The van der Waals surface area contributed by atoms with Gasteiger partial charge in [-0.05, 0) is 39.3 Å². The second-order valence-electron chi connectivity index (χ2n) is 6.65. The Morgan fingerprint density at radius 2 is 1.96 bits per heavy atom. The molecule has 8 nitrogen and oxygen atoms in total. The van der Waals surface area contributed by atoms with E-state index in [0.717, 1.165) is 6.42 Å². The number of ether oxygens (including phenoxy) is 1. The molecule has 2 N–H and O–H groups in total. The summed E-state index contributed by atoms with van der Waals surface area (Å²) in [6.45, 7) is 6.72. The predicted octanol–water partition coefficient (Wildman–Crippen LogP) is 0.962. The molecule has 1 aromatic rings. The molecule has 1 heterocycles. The summed E-state index contributed by atoms with van der Waals surface area (Å²) in [5.74, 6) is -1.04. The van der Waals surface area contributed by atoms with Crippen molar-refractivity contribution in [2.24, 2.45) is 4.99 Å². The minimum atomic E-state index is -3.67. The average Bonchev–Trinajstić information content (AvgIpc) is 2.83. The average molecular weight is 381 g/mol. The Hall–Kier alpha value is -2.42. The van der Waals surface area contributed by atoms with Crippen molar-refractivity contribution < 1.29 is 22.7 Å². The van der Waals surface area contributed by atoms with Crippen molar-refractivity contribution in [3.05, 3.63) is 29.8 Å². The van der Waals surface area contributed by atoms with Crippen molar-refractivity contribution in [3.8, 4) is 0 Å². The molecule has 0 radical (unpaired) electrons. The highest BCUT2D eigenvalue weighted by Gasteiger charge is 2.31. The van der Waals surface area contributed by atoms with Crippen LogP contribution in [0.3, 0.4) is 0 Å². The van der Waals surface area contributed by atoms with Crippen molar-refractivity contribution in [2.75, 3.05) is 6.61 Å². The number of nitrogens with zero attached hydrogens (tertiary/aromatic N) is 1. The van der Waals surface area contributed by atoms with E-state index >= 15 is 0 Å². The maximum absolute atomic E-state index is 12.1. The van der Waals surface area contributed by atoms with Crippen molar-refractivity contribution in [3.63, 3.8) is 0 Å². The van der Waals surface area contributed by atoms with E-state index in [0.29, 0.717) is 5.56 Å². The molecule has 0 spiro atoms. The number of esters is 1. The lowest BCUT2D eigenvalue weighted by Gasteiger charge is -2.24. The molecule has 142 valence electrons. The number of nitrogens with one attached hydrogen (secondary N) is 2. The lowest BCUT2D eigenvalue weighted by atomic mass is 10.0. The van der Waals surface area contributed by atoms with Gasteiger partial charge in [-0.1, -0.05) is 19.1 Å². The quantitative estimate of drug-likeness (QED) is 0.713. The summed E-state index contributed by atoms with van der Waals surface area (Å²) in [6, 6.07) is 5.38. The summed E-state index contributed by atoms with van der Waals surface area (Å²) in [4.78, 5) is 28.1. The molecule has 1 atom stereocenters. The fraction of sp³-hybridized carbons (Fsp3) is 0.471. The summed E-state index contributed by atoms with van der Waals surface area (Å²) < 4.78 is 31.4. The monoisotopic (exact) mass is 381 g/mol. The number of amides is 1. The minimum absolute atomic E-state index is 0.0848. The molecule has 1 amide bonds. The van der Waals surface area contributed by atoms with Crippen LogP contribution < -0.4 is 10.0 Å². The maximum Gasteiger partial charge on any atom is 0.331 e. The largest absolute Gasteiger partial charge is 0.454 e. The van der Waals surface area contributed by atoms with E-state index in [1.165, 1.54) is 13.0 Å². The second kappa shape index (κ2) is 7.45. The van der Waals surface area contributed by atoms with Gasteiger partial charge in [-0.3, -0.25) is 14.5 Å². The molecule has 9 heteroatoms. The number of carbonyl (C=O) groups excluding carboxylic acids is 2. The van der Waals surface area contributed by atoms with Gasteiger partial charge in [0.25, 0.3) is 15.9 Å². The summed E-state index contributed by atoms with van der Waals surface area (Å²) in [5.41, 5.74) is 0.0100. The van der Waals surface area contributed by atoms with Crippen LogP contribution in [0.1, 0.15) is 39.7 Å². The van der Waals surface area contributed by atoms with Crippen LogP contribution in [0.2, 0.25) is 0 Å². The zero-order valence-corrected chi connectivity index (χ0v) is 16.0. The third-order valence-corrected chi connectivity index (χ3v) is 5.43. The van der Waals surface area contributed by atoms with Crippen LogP contribution in [-0.2, 0) is 24.3 Å². The summed E-state index contributed by atoms with van der Waals surface area (Å²) in [7, 11) is -3.67. The molecule has 0 saturated carbocycles. The number of carbonyl (C=O) groups is 2. The number of amidine groups is 1. The lowest BCUT2D eigenvalue weighted by molar-refractivity contribution is -0.149. The Bertz CT molecular complexity index is 846. The summed E-state index contributed by atoms with van der Waals surface area (Å²) >= 11 is 0. The van der Waals surface area contributed by atoms with Crippen LogP contribution in [0.15, 0.2) is 34.2 Å². The first-order valence-electron chi connectivity index (χ1n) is 8.23. The van der Waals surface area contributed by atoms with E-state index < -0.39 is 34.5 Å². The molecule has 0 bridgehead atoms. The van der Waals surface area contributed by atoms with Gasteiger partial charge in [-0.25, -0.2) is 13.2 Å². The SMILES string of the molecule is CCC(C)(C)NC(=O)COC(=O)[C@H](C)N=C1NS(=O)(=O)c2ccccc21. The Balaban J connectivity index is 2.02. The molecule has 0 aliphatic carbocycles. The van der Waals surface area contributed by atoms with Crippen LogP contribution in [0, 0.1) is 0 Å². The van der Waals surface area contributed by atoms with Gasteiger partial charge in [0.2, 0.25) is 0 Å². The van der Waals surface area contributed by atoms with Gasteiger partial charge in [-0.2, -0.15) is 0 Å². The maximum atomic E-state index is 12.1. The van der Waals surface area contributed by atoms with E-state index in [9.17, 15) is 18.0 Å². The van der Waals surface area contributed by atoms with E-state index in [2.05, 4.69) is 15.0 Å². The molecule has 0 aromatic heterocycles. The number of aliphatic imine (C=N–C) groups is 1. The third kappa shape index (κ3) is 4.60. The van der Waals surface area contributed by atoms with Gasteiger partial charge in [0.05, 0.1) is 4.90 Å². The normalized spacial score (nSPS) is 17.9. The van der Waals surface area contributed by atoms with E-state index in [1.54, 1.807) is 18.2 Å². The first-order chi connectivity index (χ1) is 12.1. The van der Waals surface area contributed by atoms with Crippen LogP contribution in [0.25, 0.3) is 0 Å². The molecule has 2 rings (SSSR count). The van der Waals surface area contributed by atoms with Crippen molar-refractivity contribution in [1.29, 1.82) is 0 Å². The molecular formula is C17H23N3O5S. The highest BCUT2D eigenvalue weighted by molar-refractivity contribution is 7.90. The number of hydrogen-bond donors (Lipinski definition) is 2. The fourth-order valence-corrected chi connectivity index (χ4v) is 3.47. The van der Waals surface area contributed by atoms with Crippen molar-refractivity contribution in [2.45, 2.75) is 50.6 Å². The fourth-order valence-electron chi connectivity index (χ4n) is 2.24. The Labute approximate surface area is 153 Å². The second-order valence-corrected chi connectivity index (χ2v) is 8.30. The Morgan fingerprint density at radius 1 is 1.31 bits per heavy atom. The molecular weight excluding hydrogens is 358 g/mol.